The second kappa shape index (κ2) is 6.78. The average Bonchev–Trinajstić information content (AvgIpc) is 2.85. The Labute approximate surface area is 140 Å². The lowest BCUT2D eigenvalue weighted by Crippen LogP contribution is -2.24. The molecule has 2 rings (SSSR count). The summed E-state index contributed by atoms with van der Waals surface area (Å²) in [7, 11) is 1.38. The van der Waals surface area contributed by atoms with Gasteiger partial charge in [0.1, 0.15) is 11.8 Å². The van der Waals surface area contributed by atoms with E-state index in [0.29, 0.717) is 5.69 Å². The van der Waals surface area contributed by atoms with E-state index >= 15 is 0 Å². The highest BCUT2D eigenvalue weighted by atomic mass is 79.9. The molecule has 1 amide bonds. The Morgan fingerprint density at radius 3 is 2.74 bits per heavy atom. The van der Waals surface area contributed by atoms with Gasteiger partial charge in [-0.15, -0.1) is 0 Å². The van der Waals surface area contributed by atoms with Crippen LogP contribution < -0.4 is 10.1 Å². The minimum atomic E-state index is -0.556. The molecule has 0 radical (unpaired) electrons. The maximum atomic E-state index is 12.3. The van der Waals surface area contributed by atoms with E-state index < -0.39 is 11.0 Å². The number of halogens is 1. The molecule has 122 valence electrons. The van der Waals surface area contributed by atoms with Gasteiger partial charge in [-0.3, -0.25) is 19.6 Å². The number of aryl methyl sites for hydroxylation is 1. The van der Waals surface area contributed by atoms with Crippen LogP contribution in [0.3, 0.4) is 0 Å². The molecule has 1 atom stereocenters. The van der Waals surface area contributed by atoms with Crippen molar-refractivity contribution in [2.75, 3.05) is 12.4 Å². The number of nitrogens with zero attached hydrogens (tertiary/aromatic N) is 3. The van der Waals surface area contributed by atoms with Gasteiger partial charge >= 0.3 is 0 Å². The zero-order valence-corrected chi connectivity index (χ0v) is 14.3. The lowest BCUT2D eigenvalue weighted by Gasteiger charge is -2.14. The molecular formula is C14H15BrN4O4. The van der Waals surface area contributed by atoms with Crippen molar-refractivity contribution in [3.8, 4) is 5.75 Å². The molecule has 0 aliphatic heterocycles. The highest BCUT2D eigenvalue weighted by Gasteiger charge is 2.19. The quantitative estimate of drug-likeness (QED) is 0.632. The van der Waals surface area contributed by atoms with Gasteiger partial charge in [-0.1, -0.05) is 0 Å². The molecule has 9 heteroatoms. The molecule has 1 N–H and O–H groups in total. The first kappa shape index (κ1) is 16.9. The van der Waals surface area contributed by atoms with Crippen LogP contribution >= 0.6 is 15.9 Å². The third-order valence-corrected chi connectivity index (χ3v) is 4.07. The summed E-state index contributed by atoms with van der Waals surface area (Å²) in [6, 6.07) is 3.44. The molecule has 2 aromatic rings. The minimum absolute atomic E-state index is 0.112. The summed E-state index contributed by atoms with van der Waals surface area (Å²) in [5.41, 5.74) is 1.02. The van der Waals surface area contributed by atoms with Crippen molar-refractivity contribution < 1.29 is 14.5 Å². The van der Waals surface area contributed by atoms with Gasteiger partial charge in [0.05, 0.1) is 34.0 Å². The van der Waals surface area contributed by atoms with Gasteiger partial charge in [0, 0.05) is 12.3 Å². The predicted octanol–water partition coefficient (Wildman–Crippen LogP) is 3.07. The van der Waals surface area contributed by atoms with Crippen molar-refractivity contribution in [3.63, 3.8) is 0 Å². The first-order valence-corrected chi connectivity index (χ1v) is 7.47. The van der Waals surface area contributed by atoms with Gasteiger partial charge in [0.2, 0.25) is 5.91 Å². The Bertz CT molecular complexity index is 740. The van der Waals surface area contributed by atoms with E-state index in [4.69, 9.17) is 4.74 Å². The summed E-state index contributed by atoms with van der Waals surface area (Å²) in [4.78, 5) is 22.6. The third-order valence-electron chi connectivity index (χ3n) is 3.29. The van der Waals surface area contributed by atoms with E-state index in [9.17, 15) is 14.9 Å². The van der Waals surface area contributed by atoms with Crippen molar-refractivity contribution in [3.05, 3.63) is 44.7 Å². The number of nitro groups is 1. The number of hydrogen-bond donors (Lipinski definition) is 1. The molecule has 23 heavy (non-hydrogen) atoms. The van der Waals surface area contributed by atoms with E-state index in [1.165, 1.54) is 30.0 Å². The molecule has 0 bridgehead atoms. The van der Waals surface area contributed by atoms with E-state index in [1.54, 1.807) is 13.1 Å². The van der Waals surface area contributed by atoms with Crippen molar-refractivity contribution in [2.45, 2.75) is 19.9 Å². The van der Waals surface area contributed by atoms with Crippen LogP contribution in [0.25, 0.3) is 0 Å². The number of hydrogen-bond acceptors (Lipinski definition) is 5. The largest absolute Gasteiger partial charge is 0.494 e. The van der Waals surface area contributed by atoms with Gasteiger partial charge < -0.3 is 10.1 Å². The molecule has 8 nitrogen and oxygen atoms in total. The second-order valence-corrected chi connectivity index (χ2v) is 5.70. The summed E-state index contributed by atoms with van der Waals surface area (Å²) < 4.78 is 7.44. The molecule has 0 fully saturated rings. The fourth-order valence-electron chi connectivity index (χ4n) is 1.91. The predicted molar refractivity (Wildman–Crippen MR) is 87.7 cm³/mol. The number of benzene rings is 1. The minimum Gasteiger partial charge on any atom is -0.494 e. The zero-order chi connectivity index (χ0) is 17.1. The van der Waals surface area contributed by atoms with Gasteiger partial charge in [-0.05, 0) is 35.8 Å². The normalized spacial score (nSPS) is 11.8. The number of rotatable bonds is 5. The molecule has 1 aromatic carbocycles. The molecular weight excluding hydrogens is 368 g/mol. The standard InChI is InChI=1S/C14H15BrN4O4/c1-8-11(15)7-18(17-8)9(2)14(20)16-12-5-4-10(19(21)22)6-13(12)23-3/h4-7,9H,1-3H3,(H,16,20). The van der Waals surface area contributed by atoms with Crippen LogP contribution in [0.4, 0.5) is 11.4 Å². The van der Waals surface area contributed by atoms with Gasteiger partial charge in [0.15, 0.2) is 0 Å². The molecule has 1 aromatic heterocycles. The molecule has 0 saturated heterocycles. The summed E-state index contributed by atoms with van der Waals surface area (Å²) in [5, 5.41) is 17.7. The van der Waals surface area contributed by atoms with Crippen molar-refractivity contribution in [2.24, 2.45) is 0 Å². The van der Waals surface area contributed by atoms with Crippen molar-refractivity contribution in [1.29, 1.82) is 0 Å². The van der Waals surface area contributed by atoms with E-state index in [-0.39, 0.29) is 17.3 Å². The number of non-ortho nitro benzene ring substituents is 1. The van der Waals surface area contributed by atoms with Crippen LogP contribution in [0.1, 0.15) is 18.7 Å². The smallest absolute Gasteiger partial charge is 0.273 e. The number of anilines is 1. The van der Waals surface area contributed by atoms with Crippen LogP contribution in [-0.4, -0.2) is 27.7 Å². The molecule has 0 aliphatic carbocycles. The topological polar surface area (TPSA) is 99.3 Å². The van der Waals surface area contributed by atoms with Gasteiger partial charge in [-0.2, -0.15) is 5.10 Å². The summed E-state index contributed by atoms with van der Waals surface area (Å²) in [5.74, 6) is -0.0928. The Hall–Kier alpha value is -2.42. The van der Waals surface area contributed by atoms with E-state index in [0.717, 1.165) is 10.2 Å². The molecule has 1 heterocycles. The lowest BCUT2D eigenvalue weighted by atomic mass is 10.2. The first-order valence-electron chi connectivity index (χ1n) is 6.68. The Balaban J connectivity index is 2.20. The number of amides is 1. The average molecular weight is 383 g/mol. The summed E-state index contributed by atoms with van der Waals surface area (Å²) >= 11 is 3.35. The Morgan fingerprint density at radius 1 is 1.52 bits per heavy atom. The van der Waals surface area contributed by atoms with Gasteiger partial charge in [0.25, 0.3) is 5.69 Å². The van der Waals surface area contributed by atoms with Crippen LogP contribution in [0.5, 0.6) is 5.75 Å². The number of carbonyl (C=O) groups excluding carboxylic acids is 1. The Morgan fingerprint density at radius 2 is 2.22 bits per heavy atom. The lowest BCUT2D eigenvalue weighted by molar-refractivity contribution is -0.384. The summed E-state index contributed by atoms with van der Waals surface area (Å²) in [6.07, 6.45) is 1.71. The second-order valence-electron chi connectivity index (χ2n) is 4.85. The number of nitro benzene ring substituents is 1. The number of ether oxygens (including phenoxy) is 1. The van der Waals surface area contributed by atoms with Crippen molar-refractivity contribution >= 4 is 33.2 Å². The highest BCUT2D eigenvalue weighted by molar-refractivity contribution is 9.10. The fraction of sp³-hybridized carbons (Fsp3) is 0.286. The fourth-order valence-corrected chi connectivity index (χ4v) is 2.20. The molecule has 1 unspecified atom stereocenters. The van der Waals surface area contributed by atoms with Gasteiger partial charge in [-0.25, -0.2) is 0 Å². The molecule has 0 spiro atoms. The molecule has 0 saturated carbocycles. The number of aromatic nitrogens is 2. The molecule has 0 aliphatic rings. The van der Waals surface area contributed by atoms with E-state index in [1.807, 2.05) is 6.92 Å². The van der Waals surface area contributed by atoms with Crippen molar-refractivity contribution in [1.82, 2.24) is 9.78 Å². The van der Waals surface area contributed by atoms with Crippen LogP contribution in [0.2, 0.25) is 0 Å². The SMILES string of the molecule is COc1cc([N+](=O)[O-])ccc1NC(=O)C(C)n1cc(Br)c(C)n1. The third kappa shape index (κ3) is 3.67. The number of methoxy groups -OCH3 is 1. The first-order chi connectivity index (χ1) is 10.8. The maximum absolute atomic E-state index is 12.3. The monoisotopic (exact) mass is 382 g/mol. The van der Waals surface area contributed by atoms with Crippen LogP contribution in [0.15, 0.2) is 28.9 Å². The van der Waals surface area contributed by atoms with Crippen LogP contribution in [-0.2, 0) is 4.79 Å². The summed E-state index contributed by atoms with van der Waals surface area (Å²) in [6.45, 7) is 3.52. The Kier molecular flexibility index (Phi) is 4.99. The number of nitrogens with one attached hydrogen (secondary N) is 1. The highest BCUT2D eigenvalue weighted by Crippen LogP contribution is 2.29. The van der Waals surface area contributed by atoms with E-state index in [2.05, 4.69) is 26.3 Å². The maximum Gasteiger partial charge on any atom is 0.273 e. The van der Waals surface area contributed by atoms with Crippen LogP contribution in [0, 0.1) is 17.0 Å². The zero-order valence-electron chi connectivity index (χ0n) is 12.7. The number of carbonyl (C=O) groups is 1.